The molecule has 2 aromatic rings. The van der Waals surface area contributed by atoms with Gasteiger partial charge in [0.25, 0.3) is 0 Å². The first-order chi connectivity index (χ1) is 10.1. The second-order valence-corrected chi connectivity index (χ2v) is 4.14. The summed E-state index contributed by atoms with van der Waals surface area (Å²) < 4.78 is 45.7. The van der Waals surface area contributed by atoms with E-state index >= 15 is 0 Å². The summed E-state index contributed by atoms with van der Waals surface area (Å²) in [6.07, 6.45) is 0. The maximum atomic E-state index is 13.7. The summed E-state index contributed by atoms with van der Waals surface area (Å²) in [5.74, 6) is 3.27. The number of hydrogen-bond acceptors (Lipinski definition) is 2. The van der Waals surface area contributed by atoms with E-state index in [9.17, 15) is 13.2 Å². The number of halogens is 3. The predicted molar refractivity (Wildman–Crippen MR) is 73.0 cm³/mol. The first-order valence-corrected chi connectivity index (χ1v) is 6.16. The van der Waals surface area contributed by atoms with Crippen LogP contribution >= 0.6 is 0 Å². The van der Waals surface area contributed by atoms with Crippen molar-refractivity contribution in [2.24, 2.45) is 5.73 Å². The van der Waals surface area contributed by atoms with E-state index in [0.29, 0.717) is 0 Å². The van der Waals surface area contributed by atoms with Crippen LogP contribution in [0.5, 0.6) is 5.75 Å². The molecule has 0 aromatic heterocycles. The molecule has 2 aromatic carbocycles. The molecule has 0 heterocycles. The zero-order chi connectivity index (χ0) is 15.2. The van der Waals surface area contributed by atoms with Crippen molar-refractivity contribution in [2.45, 2.75) is 6.61 Å². The van der Waals surface area contributed by atoms with Gasteiger partial charge >= 0.3 is 0 Å². The van der Waals surface area contributed by atoms with Crippen molar-refractivity contribution in [3.05, 3.63) is 65.0 Å². The normalized spacial score (nSPS) is 9.90. The lowest BCUT2D eigenvalue weighted by atomic mass is 10.2. The Balaban J connectivity index is 2.12. The van der Waals surface area contributed by atoms with Crippen molar-refractivity contribution in [3.63, 3.8) is 0 Å². The van der Waals surface area contributed by atoms with Gasteiger partial charge < -0.3 is 10.5 Å². The first kappa shape index (κ1) is 14.9. The molecule has 0 amide bonds. The Kier molecular flexibility index (Phi) is 4.85. The van der Waals surface area contributed by atoms with Gasteiger partial charge in [-0.3, -0.25) is 0 Å². The molecule has 0 fully saturated rings. The highest BCUT2D eigenvalue weighted by atomic mass is 19.1. The Bertz CT molecular complexity index is 684. The van der Waals surface area contributed by atoms with Crippen molar-refractivity contribution < 1.29 is 17.9 Å². The van der Waals surface area contributed by atoms with Crippen LogP contribution in [0.4, 0.5) is 13.2 Å². The molecule has 108 valence electrons. The fourth-order valence-corrected chi connectivity index (χ4v) is 1.66. The smallest absolute Gasteiger partial charge is 0.142 e. The second-order valence-electron chi connectivity index (χ2n) is 4.14. The van der Waals surface area contributed by atoms with Crippen molar-refractivity contribution in [1.29, 1.82) is 0 Å². The molecule has 2 nitrogen and oxygen atoms in total. The maximum Gasteiger partial charge on any atom is 0.142 e. The molecule has 0 atom stereocenters. The summed E-state index contributed by atoms with van der Waals surface area (Å²) in [5.41, 5.74) is 5.19. The third-order valence-electron chi connectivity index (χ3n) is 2.71. The van der Waals surface area contributed by atoms with Gasteiger partial charge in [0.1, 0.15) is 29.8 Å². The van der Waals surface area contributed by atoms with Crippen LogP contribution in [0.15, 0.2) is 36.4 Å². The Morgan fingerprint density at radius 3 is 2.33 bits per heavy atom. The molecule has 0 saturated heterocycles. The van der Waals surface area contributed by atoms with Gasteiger partial charge in [0, 0.05) is 6.07 Å². The Morgan fingerprint density at radius 1 is 1.00 bits per heavy atom. The van der Waals surface area contributed by atoms with Crippen LogP contribution < -0.4 is 10.5 Å². The van der Waals surface area contributed by atoms with Crippen LogP contribution in [0, 0.1) is 29.3 Å². The van der Waals surface area contributed by atoms with Crippen molar-refractivity contribution in [3.8, 4) is 17.6 Å². The van der Waals surface area contributed by atoms with Crippen LogP contribution in [-0.2, 0) is 6.61 Å². The van der Waals surface area contributed by atoms with Crippen LogP contribution in [0.1, 0.15) is 11.1 Å². The molecule has 0 aliphatic carbocycles. The highest BCUT2D eigenvalue weighted by Crippen LogP contribution is 2.19. The van der Waals surface area contributed by atoms with Crippen LogP contribution in [-0.4, -0.2) is 6.54 Å². The topological polar surface area (TPSA) is 35.2 Å². The van der Waals surface area contributed by atoms with Gasteiger partial charge in [0.05, 0.1) is 17.7 Å². The third kappa shape index (κ3) is 3.77. The van der Waals surface area contributed by atoms with Crippen molar-refractivity contribution >= 4 is 0 Å². The van der Waals surface area contributed by atoms with Gasteiger partial charge in [-0.25, -0.2) is 13.2 Å². The van der Waals surface area contributed by atoms with Crippen LogP contribution in [0.3, 0.4) is 0 Å². The third-order valence-corrected chi connectivity index (χ3v) is 2.71. The summed E-state index contributed by atoms with van der Waals surface area (Å²) in [6.45, 7) is -0.198. The Hall–Kier alpha value is -2.45. The van der Waals surface area contributed by atoms with E-state index in [-0.39, 0.29) is 30.0 Å². The molecular weight excluding hydrogens is 279 g/mol. The Labute approximate surface area is 120 Å². The highest BCUT2D eigenvalue weighted by Gasteiger charge is 2.09. The molecule has 0 saturated carbocycles. The van der Waals surface area contributed by atoms with E-state index in [4.69, 9.17) is 10.5 Å². The number of hydrogen-bond donors (Lipinski definition) is 1. The van der Waals surface area contributed by atoms with E-state index in [1.54, 1.807) is 0 Å². The average Bonchev–Trinajstić information content (AvgIpc) is 2.46. The zero-order valence-electron chi connectivity index (χ0n) is 11.0. The summed E-state index contributed by atoms with van der Waals surface area (Å²) >= 11 is 0. The molecule has 0 radical (unpaired) electrons. The maximum absolute atomic E-state index is 13.7. The standard InChI is InChI=1S/C16H12F3NO/c17-14-4-1-5-15(18)13(14)10-21-12-7-6-11(3-2-8-20)16(19)9-12/h1,4-7,9H,8,10,20H2. The summed E-state index contributed by atoms with van der Waals surface area (Å²) in [7, 11) is 0. The van der Waals surface area contributed by atoms with Crippen molar-refractivity contribution in [2.75, 3.05) is 6.54 Å². The lowest BCUT2D eigenvalue weighted by Gasteiger charge is -2.08. The average molecular weight is 291 g/mol. The molecule has 0 unspecified atom stereocenters. The van der Waals surface area contributed by atoms with Gasteiger partial charge in [0.2, 0.25) is 0 Å². The van der Waals surface area contributed by atoms with Gasteiger partial charge in [0.15, 0.2) is 0 Å². The lowest BCUT2D eigenvalue weighted by molar-refractivity contribution is 0.291. The van der Waals surface area contributed by atoms with E-state index in [0.717, 1.165) is 18.2 Å². The van der Waals surface area contributed by atoms with Crippen LogP contribution in [0.2, 0.25) is 0 Å². The molecule has 0 aliphatic heterocycles. The zero-order valence-corrected chi connectivity index (χ0v) is 11.0. The van der Waals surface area contributed by atoms with E-state index in [2.05, 4.69) is 11.8 Å². The minimum absolute atomic E-state index is 0.129. The fraction of sp³-hybridized carbons (Fsp3) is 0.125. The SMILES string of the molecule is NCC#Cc1ccc(OCc2c(F)cccc2F)cc1F. The molecule has 2 rings (SSSR count). The van der Waals surface area contributed by atoms with E-state index in [1.165, 1.54) is 18.2 Å². The van der Waals surface area contributed by atoms with Crippen LogP contribution in [0.25, 0.3) is 0 Å². The number of benzene rings is 2. The minimum Gasteiger partial charge on any atom is -0.489 e. The monoisotopic (exact) mass is 291 g/mol. The predicted octanol–water partition coefficient (Wildman–Crippen LogP) is 2.99. The van der Waals surface area contributed by atoms with Gasteiger partial charge in [-0.15, -0.1) is 0 Å². The molecule has 0 spiro atoms. The number of nitrogens with two attached hydrogens (primary N) is 1. The lowest BCUT2D eigenvalue weighted by Crippen LogP contribution is -2.02. The molecule has 21 heavy (non-hydrogen) atoms. The van der Waals surface area contributed by atoms with Gasteiger partial charge in [-0.1, -0.05) is 17.9 Å². The summed E-state index contributed by atoms with van der Waals surface area (Å²) in [6, 6.07) is 7.53. The molecule has 5 heteroatoms. The second kappa shape index (κ2) is 6.82. The molecule has 0 aliphatic rings. The minimum atomic E-state index is -0.707. The Morgan fingerprint density at radius 2 is 1.71 bits per heavy atom. The quantitative estimate of drug-likeness (QED) is 0.882. The molecule has 0 bridgehead atoms. The molecular formula is C16H12F3NO. The number of rotatable bonds is 3. The molecule has 2 N–H and O–H groups in total. The summed E-state index contributed by atoms with van der Waals surface area (Å²) in [5, 5.41) is 0. The van der Waals surface area contributed by atoms with Crippen molar-refractivity contribution in [1.82, 2.24) is 0 Å². The van der Waals surface area contributed by atoms with E-state index in [1.807, 2.05) is 0 Å². The summed E-state index contributed by atoms with van der Waals surface area (Å²) in [4.78, 5) is 0. The van der Waals surface area contributed by atoms with Gasteiger partial charge in [-0.2, -0.15) is 0 Å². The highest BCUT2D eigenvalue weighted by molar-refractivity contribution is 5.40. The number of ether oxygens (including phenoxy) is 1. The first-order valence-electron chi connectivity index (χ1n) is 6.16. The largest absolute Gasteiger partial charge is 0.489 e. The van der Waals surface area contributed by atoms with Gasteiger partial charge in [-0.05, 0) is 24.3 Å². The van der Waals surface area contributed by atoms with E-state index < -0.39 is 17.5 Å². The fourth-order valence-electron chi connectivity index (χ4n) is 1.66.